The van der Waals surface area contributed by atoms with Crippen molar-refractivity contribution in [1.29, 1.82) is 0 Å². The Bertz CT molecular complexity index is 2790. The summed E-state index contributed by atoms with van der Waals surface area (Å²) in [4.78, 5) is 5.02. The van der Waals surface area contributed by atoms with Gasteiger partial charge in [0.1, 0.15) is 0 Å². The number of rotatable bonds is 9. The lowest BCUT2D eigenvalue weighted by Crippen LogP contribution is -2.37. The molecule has 0 radical (unpaired) electrons. The molecule has 8 aromatic rings. The highest BCUT2D eigenvalue weighted by Crippen LogP contribution is 2.48. The molecule has 2 nitrogen and oxygen atoms in total. The molecule has 2 saturated carbocycles. The lowest BCUT2D eigenvalue weighted by atomic mass is 9.84. The molecule has 0 aromatic heterocycles. The summed E-state index contributed by atoms with van der Waals surface area (Å²) in [6, 6.07) is 60.9. The van der Waals surface area contributed by atoms with E-state index < -0.39 is 8.07 Å². The summed E-state index contributed by atoms with van der Waals surface area (Å²) in [6.45, 7) is 9.49. The molecule has 0 heterocycles. The fourth-order valence-electron chi connectivity index (χ4n) is 10.6. The van der Waals surface area contributed by atoms with Crippen LogP contribution in [0.2, 0.25) is 19.6 Å². The van der Waals surface area contributed by atoms with E-state index in [-0.39, 0.29) is 0 Å². The Morgan fingerprint density at radius 1 is 0.377 bits per heavy atom. The van der Waals surface area contributed by atoms with Crippen molar-refractivity contribution in [3.63, 3.8) is 0 Å². The second-order valence-corrected chi connectivity index (χ2v) is 24.2. The Labute approximate surface area is 364 Å². The zero-order valence-corrected chi connectivity index (χ0v) is 37.6. The molecule has 306 valence electrons. The van der Waals surface area contributed by atoms with Crippen molar-refractivity contribution in [2.24, 2.45) is 0 Å². The van der Waals surface area contributed by atoms with Crippen LogP contribution in [0.25, 0.3) is 32.3 Å². The van der Waals surface area contributed by atoms with Gasteiger partial charge in [-0.25, -0.2) is 0 Å². The van der Waals surface area contributed by atoms with Crippen LogP contribution in [0.15, 0.2) is 158 Å². The molecule has 0 amide bonds. The predicted octanol–water partition coefficient (Wildman–Crippen LogP) is 17.0. The van der Waals surface area contributed by atoms with Gasteiger partial charge in [-0.1, -0.05) is 166 Å². The van der Waals surface area contributed by atoms with Crippen molar-refractivity contribution in [2.45, 2.75) is 103 Å². The Kier molecular flexibility index (Phi) is 10.8. The highest BCUT2D eigenvalue weighted by Gasteiger charge is 2.24. The number of hydrogen-bond donors (Lipinski definition) is 0. The van der Waals surface area contributed by atoms with Crippen molar-refractivity contribution < 1.29 is 0 Å². The minimum atomic E-state index is -1.49. The number of aryl methyl sites for hydroxylation is 1. The summed E-state index contributed by atoms with van der Waals surface area (Å²) in [6.07, 6.45) is 13.3. The molecule has 0 atom stereocenters. The predicted molar refractivity (Wildman–Crippen MR) is 268 cm³/mol. The van der Waals surface area contributed by atoms with Gasteiger partial charge in [-0.05, 0) is 138 Å². The maximum absolute atomic E-state index is 2.52. The van der Waals surface area contributed by atoms with Gasteiger partial charge in [0.2, 0.25) is 0 Å². The van der Waals surface area contributed by atoms with E-state index >= 15 is 0 Å². The first-order chi connectivity index (χ1) is 29.8. The van der Waals surface area contributed by atoms with Gasteiger partial charge in [-0.3, -0.25) is 0 Å². The van der Waals surface area contributed by atoms with Gasteiger partial charge < -0.3 is 9.80 Å². The van der Waals surface area contributed by atoms with Crippen LogP contribution in [-0.4, -0.2) is 8.07 Å². The van der Waals surface area contributed by atoms with Crippen LogP contribution in [0, 0.1) is 6.92 Å². The molecule has 61 heavy (non-hydrogen) atoms. The fourth-order valence-corrected chi connectivity index (χ4v) is 11.8. The van der Waals surface area contributed by atoms with Gasteiger partial charge >= 0.3 is 0 Å². The van der Waals surface area contributed by atoms with Gasteiger partial charge in [0, 0.05) is 33.5 Å². The number of benzene rings is 8. The van der Waals surface area contributed by atoms with Crippen LogP contribution < -0.4 is 15.0 Å². The summed E-state index contributed by atoms with van der Waals surface area (Å²) in [5.74, 6) is 1.34. The zero-order chi connectivity index (χ0) is 41.5. The number of nitrogens with zero attached hydrogens (tertiary/aromatic N) is 2. The van der Waals surface area contributed by atoms with Crippen molar-refractivity contribution in [3.05, 3.63) is 174 Å². The van der Waals surface area contributed by atoms with Crippen molar-refractivity contribution in [2.75, 3.05) is 9.80 Å². The zero-order valence-electron chi connectivity index (χ0n) is 36.6. The topological polar surface area (TPSA) is 6.48 Å². The van der Waals surface area contributed by atoms with Crippen LogP contribution >= 0.6 is 0 Å². The summed E-state index contributed by atoms with van der Waals surface area (Å²) >= 11 is 0. The number of fused-ring (bicyclic) bond motifs is 5. The van der Waals surface area contributed by atoms with E-state index in [9.17, 15) is 0 Å². The lowest BCUT2D eigenvalue weighted by molar-refractivity contribution is 0.443. The second kappa shape index (κ2) is 16.7. The SMILES string of the molecule is Cc1ccc(N(c2ccc(C3CCCCC3)cc2)c2cc3c4ccccc4c(N(c4ccc(C5CCCCC5)cc4)c4ccc([Si](C)(C)C)cc4)cc3c3ccccc23)cc1. The summed E-state index contributed by atoms with van der Waals surface area (Å²) in [5, 5.41) is 9.04. The van der Waals surface area contributed by atoms with E-state index in [4.69, 9.17) is 0 Å². The smallest absolute Gasteiger partial charge is 0.0775 e. The maximum atomic E-state index is 2.52. The molecule has 0 bridgehead atoms. The Morgan fingerprint density at radius 2 is 0.721 bits per heavy atom. The van der Waals surface area contributed by atoms with Crippen LogP contribution in [0.5, 0.6) is 0 Å². The third kappa shape index (κ3) is 7.78. The third-order valence-electron chi connectivity index (χ3n) is 14.1. The highest BCUT2D eigenvalue weighted by molar-refractivity contribution is 6.88. The average Bonchev–Trinajstić information content (AvgIpc) is 3.31. The summed E-state index contributed by atoms with van der Waals surface area (Å²) in [5.41, 5.74) is 11.4. The maximum Gasteiger partial charge on any atom is 0.0775 e. The van der Waals surface area contributed by atoms with E-state index in [0.717, 1.165) is 0 Å². The first kappa shape index (κ1) is 39.5. The van der Waals surface area contributed by atoms with E-state index in [1.54, 1.807) is 0 Å². The average molecular weight is 813 g/mol. The van der Waals surface area contributed by atoms with Gasteiger partial charge in [0.15, 0.2) is 0 Å². The first-order valence-corrected chi connectivity index (χ1v) is 26.6. The molecule has 3 heteroatoms. The van der Waals surface area contributed by atoms with Gasteiger partial charge in [-0.2, -0.15) is 0 Å². The second-order valence-electron chi connectivity index (χ2n) is 19.1. The van der Waals surface area contributed by atoms with Crippen molar-refractivity contribution >= 4 is 79.7 Å². The minimum Gasteiger partial charge on any atom is -0.310 e. The van der Waals surface area contributed by atoms with E-state index in [1.807, 2.05) is 0 Å². The fraction of sp³-hybridized carbons (Fsp3) is 0.276. The molecule has 0 N–H and O–H groups in total. The lowest BCUT2D eigenvalue weighted by Gasteiger charge is -2.31. The normalized spacial score (nSPS) is 15.4. The number of anilines is 6. The molecule has 10 rings (SSSR count). The van der Waals surface area contributed by atoms with Crippen LogP contribution in [-0.2, 0) is 0 Å². The van der Waals surface area contributed by atoms with Crippen molar-refractivity contribution in [1.82, 2.24) is 0 Å². The molecular weight excluding hydrogens is 753 g/mol. The largest absolute Gasteiger partial charge is 0.310 e. The molecule has 2 aliphatic carbocycles. The molecule has 8 aromatic carbocycles. The molecule has 0 aliphatic heterocycles. The first-order valence-electron chi connectivity index (χ1n) is 23.1. The van der Waals surface area contributed by atoms with Crippen molar-refractivity contribution in [3.8, 4) is 0 Å². The third-order valence-corrected chi connectivity index (χ3v) is 16.1. The van der Waals surface area contributed by atoms with E-state index in [2.05, 4.69) is 194 Å². The van der Waals surface area contributed by atoms with Gasteiger partial charge in [-0.15, -0.1) is 0 Å². The Balaban J connectivity index is 1.18. The monoisotopic (exact) mass is 812 g/mol. The number of hydrogen-bond acceptors (Lipinski definition) is 2. The van der Waals surface area contributed by atoms with E-state index in [0.29, 0.717) is 11.8 Å². The molecular formula is C58H60N2Si. The van der Waals surface area contributed by atoms with Crippen LogP contribution in [0.3, 0.4) is 0 Å². The van der Waals surface area contributed by atoms with Crippen LogP contribution in [0.4, 0.5) is 34.1 Å². The highest BCUT2D eigenvalue weighted by atomic mass is 28.3. The Morgan fingerprint density at radius 3 is 1.10 bits per heavy atom. The summed E-state index contributed by atoms with van der Waals surface area (Å²) in [7, 11) is -1.49. The molecule has 2 fully saturated rings. The van der Waals surface area contributed by atoms with Gasteiger partial charge in [0.25, 0.3) is 0 Å². The molecule has 0 unspecified atom stereocenters. The summed E-state index contributed by atoms with van der Waals surface area (Å²) < 4.78 is 0. The molecule has 2 aliphatic rings. The quantitative estimate of drug-likeness (QED) is 0.106. The van der Waals surface area contributed by atoms with E-state index in [1.165, 1.54) is 153 Å². The minimum absolute atomic E-state index is 0.670. The molecule has 0 spiro atoms. The van der Waals surface area contributed by atoms with Gasteiger partial charge in [0.05, 0.1) is 19.4 Å². The Hall–Kier alpha value is -5.64. The molecule has 0 saturated heterocycles. The van der Waals surface area contributed by atoms with Crippen LogP contribution in [0.1, 0.15) is 92.7 Å². The standard InChI is InChI=1S/C58H60N2Si/c1-41-23-29-46(30-24-41)59(47-31-25-44(26-32-47)42-15-7-5-8-16-42)57-39-55-52-20-12-14-22-54(52)58(40-56(55)51-19-11-13-21-53(51)57)60(49-35-37-50(38-36-49)61(2,3)4)48-33-27-45(28-34-48)43-17-9-6-10-18-43/h11-14,19-40,42-43H,5-10,15-18H2,1-4H3.